The van der Waals surface area contributed by atoms with Crippen molar-refractivity contribution < 1.29 is 14.6 Å². The van der Waals surface area contributed by atoms with E-state index in [4.69, 9.17) is 4.74 Å². The van der Waals surface area contributed by atoms with Crippen LogP contribution in [0.1, 0.15) is 36.3 Å². The molecule has 2 fully saturated rings. The summed E-state index contributed by atoms with van der Waals surface area (Å²) in [5, 5.41) is 9.79. The fourth-order valence-electron chi connectivity index (χ4n) is 4.73. The number of nitrogens with zero attached hydrogens (tertiary/aromatic N) is 1. The smallest absolute Gasteiger partial charge is 0.307 e. The lowest BCUT2D eigenvalue weighted by Gasteiger charge is -2.41. The molecular weight excluding hydrogens is 362 g/mol. The van der Waals surface area contributed by atoms with Crippen LogP contribution in [-0.2, 0) is 11.4 Å². The first-order valence-corrected chi connectivity index (χ1v) is 9.35. The Balaban J connectivity index is 0.00000210. The first-order chi connectivity index (χ1) is 12.6. The van der Waals surface area contributed by atoms with Gasteiger partial charge in [-0.15, -0.1) is 12.4 Å². The second-order valence-corrected chi connectivity index (χ2v) is 7.52. The first-order valence-electron chi connectivity index (χ1n) is 9.35. The molecule has 2 aromatic rings. The summed E-state index contributed by atoms with van der Waals surface area (Å²) < 4.78 is 5.96. The van der Waals surface area contributed by atoms with Crippen LogP contribution in [0, 0.1) is 5.92 Å². The summed E-state index contributed by atoms with van der Waals surface area (Å²) in [6.45, 7) is 0.517. The molecule has 144 valence electrons. The Morgan fingerprint density at radius 2 is 1.93 bits per heavy atom. The van der Waals surface area contributed by atoms with Crippen LogP contribution >= 0.6 is 12.4 Å². The molecule has 1 N–H and O–H groups in total. The van der Waals surface area contributed by atoms with E-state index in [1.54, 1.807) is 0 Å². The molecular formula is C22H26ClNO3. The standard InChI is InChI=1S/C22H25NO3.ClH/c1-23-17-10-11-20(23)21(19(13-17)22(24)25)16-8-5-9-18(12-16)26-14-15-6-3-2-4-7-15;/h2-9,12,17,19-21H,10-11,13-14H2,1H3,(H,24,25);1H. The molecule has 0 saturated carbocycles. The molecule has 2 saturated heterocycles. The third kappa shape index (κ3) is 3.97. The summed E-state index contributed by atoms with van der Waals surface area (Å²) in [4.78, 5) is 14.3. The average Bonchev–Trinajstić information content (AvgIpc) is 2.90. The van der Waals surface area contributed by atoms with E-state index >= 15 is 0 Å². The monoisotopic (exact) mass is 387 g/mol. The van der Waals surface area contributed by atoms with Gasteiger partial charge in [0.15, 0.2) is 0 Å². The lowest BCUT2D eigenvalue weighted by molar-refractivity contribution is -0.145. The number of halogens is 1. The molecule has 4 rings (SSSR count). The fourth-order valence-corrected chi connectivity index (χ4v) is 4.73. The number of fused-ring (bicyclic) bond motifs is 2. The van der Waals surface area contributed by atoms with E-state index in [1.807, 2.05) is 48.5 Å². The summed E-state index contributed by atoms with van der Waals surface area (Å²) in [6, 6.07) is 18.8. The van der Waals surface area contributed by atoms with Crippen LogP contribution in [0.4, 0.5) is 0 Å². The van der Waals surface area contributed by atoms with Crippen molar-refractivity contribution in [3.63, 3.8) is 0 Å². The number of carbonyl (C=O) groups is 1. The van der Waals surface area contributed by atoms with Crippen molar-refractivity contribution in [1.29, 1.82) is 0 Å². The minimum Gasteiger partial charge on any atom is -0.489 e. The molecule has 27 heavy (non-hydrogen) atoms. The number of carboxylic acid groups (broad SMARTS) is 1. The summed E-state index contributed by atoms with van der Waals surface area (Å²) >= 11 is 0. The summed E-state index contributed by atoms with van der Waals surface area (Å²) in [5.41, 5.74) is 2.21. The van der Waals surface area contributed by atoms with Gasteiger partial charge in [0, 0.05) is 18.0 Å². The second kappa shape index (κ2) is 8.32. The number of likely N-dealkylation sites (N-methyl/N-ethyl adjacent to an activating group) is 1. The highest BCUT2D eigenvalue weighted by Crippen LogP contribution is 2.47. The van der Waals surface area contributed by atoms with Gasteiger partial charge in [-0.1, -0.05) is 42.5 Å². The highest BCUT2D eigenvalue weighted by Gasteiger charge is 2.48. The molecule has 5 heteroatoms. The minimum atomic E-state index is -0.671. The number of hydrogen-bond acceptors (Lipinski definition) is 3. The molecule has 0 aliphatic carbocycles. The maximum atomic E-state index is 11.9. The van der Waals surface area contributed by atoms with Gasteiger partial charge in [0.05, 0.1) is 5.92 Å². The highest BCUT2D eigenvalue weighted by molar-refractivity contribution is 5.85. The number of carboxylic acids is 1. The molecule has 2 aliphatic rings. The molecule has 4 atom stereocenters. The summed E-state index contributed by atoms with van der Waals surface area (Å²) in [5.74, 6) is -0.154. The molecule has 0 aromatic heterocycles. The lowest BCUT2D eigenvalue weighted by atomic mass is 9.76. The van der Waals surface area contributed by atoms with Crippen molar-refractivity contribution in [2.24, 2.45) is 5.92 Å². The van der Waals surface area contributed by atoms with Gasteiger partial charge in [-0.05, 0) is 49.6 Å². The third-order valence-electron chi connectivity index (χ3n) is 6.08. The maximum absolute atomic E-state index is 11.9. The van der Waals surface area contributed by atoms with Crippen LogP contribution in [0.15, 0.2) is 54.6 Å². The molecule has 2 aliphatic heterocycles. The van der Waals surface area contributed by atoms with Gasteiger partial charge in [-0.3, -0.25) is 9.69 Å². The number of aliphatic carboxylic acids is 1. The maximum Gasteiger partial charge on any atom is 0.307 e. The van der Waals surface area contributed by atoms with Gasteiger partial charge < -0.3 is 9.84 Å². The van der Waals surface area contributed by atoms with E-state index in [2.05, 4.69) is 18.0 Å². The zero-order chi connectivity index (χ0) is 18.1. The molecule has 4 unspecified atom stereocenters. The number of ether oxygens (including phenoxy) is 1. The normalized spacial score (nSPS) is 27.0. The Morgan fingerprint density at radius 3 is 2.67 bits per heavy atom. The molecule has 4 nitrogen and oxygen atoms in total. The van der Waals surface area contributed by atoms with Crippen LogP contribution in [0.5, 0.6) is 5.75 Å². The Morgan fingerprint density at radius 1 is 1.15 bits per heavy atom. The number of piperidine rings is 1. The van der Waals surface area contributed by atoms with Crippen molar-refractivity contribution in [1.82, 2.24) is 4.90 Å². The van der Waals surface area contributed by atoms with E-state index in [0.29, 0.717) is 18.7 Å². The van der Waals surface area contributed by atoms with Crippen LogP contribution in [0.3, 0.4) is 0 Å². The average molecular weight is 388 g/mol. The zero-order valence-electron chi connectivity index (χ0n) is 15.5. The van der Waals surface area contributed by atoms with Gasteiger partial charge >= 0.3 is 5.97 Å². The molecule has 0 radical (unpaired) electrons. The third-order valence-corrected chi connectivity index (χ3v) is 6.08. The van der Waals surface area contributed by atoms with E-state index in [-0.39, 0.29) is 24.2 Å². The van der Waals surface area contributed by atoms with Gasteiger partial charge in [-0.2, -0.15) is 0 Å². The summed E-state index contributed by atoms with van der Waals surface area (Å²) in [6.07, 6.45) is 2.92. The van der Waals surface area contributed by atoms with Crippen LogP contribution in [0.25, 0.3) is 0 Å². The van der Waals surface area contributed by atoms with Crippen LogP contribution in [-0.4, -0.2) is 35.1 Å². The van der Waals surface area contributed by atoms with Gasteiger partial charge in [0.1, 0.15) is 12.4 Å². The lowest BCUT2D eigenvalue weighted by Crippen LogP contribution is -2.47. The van der Waals surface area contributed by atoms with E-state index in [9.17, 15) is 9.90 Å². The Kier molecular flexibility index (Phi) is 6.08. The Hall–Kier alpha value is -2.04. The highest BCUT2D eigenvalue weighted by atomic mass is 35.5. The minimum absolute atomic E-state index is 0. The topological polar surface area (TPSA) is 49.8 Å². The predicted molar refractivity (Wildman–Crippen MR) is 108 cm³/mol. The van der Waals surface area contributed by atoms with E-state index < -0.39 is 5.97 Å². The van der Waals surface area contributed by atoms with E-state index in [0.717, 1.165) is 36.1 Å². The molecule has 0 spiro atoms. The Bertz CT molecular complexity index is 782. The zero-order valence-corrected chi connectivity index (χ0v) is 16.3. The van der Waals surface area contributed by atoms with Crippen molar-refractivity contribution in [3.05, 3.63) is 65.7 Å². The van der Waals surface area contributed by atoms with E-state index in [1.165, 1.54) is 0 Å². The Labute approximate surface area is 166 Å². The SMILES string of the molecule is CN1C2CCC1C(c1cccc(OCc3ccccc3)c1)C(C(=O)O)C2.Cl. The summed E-state index contributed by atoms with van der Waals surface area (Å²) in [7, 11) is 2.14. The van der Waals surface area contributed by atoms with Gasteiger partial charge in [-0.25, -0.2) is 0 Å². The van der Waals surface area contributed by atoms with Crippen molar-refractivity contribution >= 4 is 18.4 Å². The quantitative estimate of drug-likeness (QED) is 0.829. The largest absolute Gasteiger partial charge is 0.489 e. The van der Waals surface area contributed by atoms with Gasteiger partial charge in [0.2, 0.25) is 0 Å². The number of hydrogen-bond donors (Lipinski definition) is 1. The first kappa shape index (κ1) is 19.7. The van der Waals surface area contributed by atoms with Crippen LogP contribution in [0.2, 0.25) is 0 Å². The van der Waals surface area contributed by atoms with Crippen LogP contribution < -0.4 is 4.74 Å². The van der Waals surface area contributed by atoms with Gasteiger partial charge in [0.25, 0.3) is 0 Å². The molecule has 2 aromatic carbocycles. The number of benzene rings is 2. The second-order valence-electron chi connectivity index (χ2n) is 7.52. The predicted octanol–water partition coefficient (Wildman–Crippen LogP) is 4.34. The van der Waals surface area contributed by atoms with Crippen molar-refractivity contribution in [2.75, 3.05) is 7.05 Å². The van der Waals surface area contributed by atoms with Crippen molar-refractivity contribution in [3.8, 4) is 5.75 Å². The molecule has 2 bridgehead atoms. The fraction of sp³-hybridized carbons (Fsp3) is 0.409. The molecule has 0 amide bonds. The van der Waals surface area contributed by atoms with Crippen molar-refractivity contribution in [2.45, 2.75) is 43.9 Å². The number of rotatable bonds is 5. The molecule has 2 heterocycles.